The van der Waals surface area contributed by atoms with Gasteiger partial charge in [0.1, 0.15) is 11.9 Å². The molecule has 2 aromatic heterocycles. The lowest BCUT2D eigenvalue weighted by molar-refractivity contribution is -0.109. The van der Waals surface area contributed by atoms with Crippen LogP contribution in [0.5, 0.6) is 0 Å². The summed E-state index contributed by atoms with van der Waals surface area (Å²) >= 11 is 0. The van der Waals surface area contributed by atoms with Gasteiger partial charge in [-0.1, -0.05) is 19.8 Å². The minimum atomic E-state index is 0.402. The maximum absolute atomic E-state index is 9.52. The Kier molecular flexibility index (Phi) is 12.4. The van der Waals surface area contributed by atoms with Crippen molar-refractivity contribution in [2.45, 2.75) is 39.0 Å². The third-order valence-electron chi connectivity index (χ3n) is 5.93. The molecule has 2 fully saturated rings. The Morgan fingerprint density at radius 2 is 2.00 bits per heavy atom. The number of anilines is 1. The van der Waals surface area contributed by atoms with Crippen LogP contribution in [0.1, 0.15) is 39.0 Å². The van der Waals surface area contributed by atoms with Gasteiger partial charge in [0.2, 0.25) is 6.41 Å². The molecule has 0 spiro atoms. The number of nitrogens with zero attached hydrogens (tertiary/aromatic N) is 2. The van der Waals surface area contributed by atoms with Crippen molar-refractivity contribution < 1.29 is 9.59 Å². The van der Waals surface area contributed by atoms with Gasteiger partial charge in [-0.15, -0.1) is 0 Å². The van der Waals surface area contributed by atoms with Crippen molar-refractivity contribution in [2.24, 2.45) is 11.8 Å². The Labute approximate surface area is 191 Å². The van der Waals surface area contributed by atoms with Gasteiger partial charge < -0.3 is 30.6 Å². The van der Waals surface area contributed by atoms with Crippen molar-refractivity contribution in [3.8, 4) is 0 Å². The van der Waals surface area contributed by atoms with Crippen LogP contribution in [-0.4, -0.2) is 73.9 Å². The van der Waals surface area contributed by atoms with E-state index in [4.69, 9.17) is 0 Å². The zero-order chi connectivity index (χ0) is 23.0. The second-order valence-corrected chi connectivity index (χ2v) is 8.46. The summed E-state index contributed by atoms with van der Waals surface area (Å²) in [5.74, 6) is 2.11. The molecule has 4 rings (SSSR count). The second kappa shape index (κ2) is 15.4. The molecule has 32 heavy (non-hydrogen) atoms. The standard InChI is InChI=1S/C12H24N2.C8H9N3.C4H7NO2/c1-2-3-11-8-12(9-11)10-14-6-4-13-5-7-14;1-9-7-4-6-2-3-10-8(6)11-5-7;6-3-1-2-5-4-7/h11-13H,2-10H2,1H3;2-5,9H,1H3,(H,10,11);3-4H,1-2H2,(H,5,7). The van der Waals surface area contributed by atoms with E-state index in [1.54, 1.807) is 6.20 Å². The summed E-state index contributed by atoms with van der Waals surface area (Å²) in [6.07, 6.45) is 11.3. The van der Waals surface area contributed by atoms with E-state index < -0.39 is 0 Å². The summed E-state index contributed by atoms with van der Waals surface area (Å²) in [6, 6.07) is 4.06. The highest BCUT2D eigenvalue weighted by Gasteiger charge is 2.29. The number of aromatic nitrogens is 2. The first-order valence-corrected chi connectivity index (χ1v) is 11.8. The molecular weight excluding hydrogens is 404 g/mol. The Bertz CT molecular complexity index is 761. The lowest BCUT2D eigenvalue weighted by Gasteiger charge is -2.39. The number of H-pyrrole nitrogens is 1. The quantitative estimate of drug-likeness (QED) is 0.350. The lowest BCUT2D eigenvalue weighted by Crippen LogP contribution is -2.46. The Balaban J connectivity index is 0.000000181. The topological polar surface area (TPSA) is 102 Å². The smallest absolute Gasteiger partial charge is 0.207 e. The zero-order valence-electron chi connectivity index (χ0n) is 19.6. The molecule has 2 aromatic rings. The van der Waals surface area contributed by atoms with E-state index in [0.29, 0.717) is 19.4 Å². The Hall–Kier alpha value is -2.45. The summed E-state index contributed by atoms with van der Waals surface area (Å²) in [4.78, 5) is 28.8. The first kappa shape index (κ1) is 25.8. The minimum Gasteiger partial charge on any atom is -0.387 e. The Morgan fingerprint density at radius 1 is 1.22 bits per heavy atom. The van der Waals surface area contributed by atoms with Gasteiger partial charge in [0.05, 0.1) is 11.9 Å². The van der Waals surface area contributed by atoms with Gasteiger partial charge in [-0.3, -0.25) is 4.79 Å². The third-order valence-corrected chi connectivity index (χ3v) is 5.93. The van der Waals surface area contributed by atoms with Crippen molar-refractivity contribution in [3.63, 3.8) is 0 Å². The molecule has 1 aliphatic carbocycles. The van der Waals surface area contributed by atoms with Gasteiger partial charge in [0.25, 0.3) is 0 Å². The SMILES string of the molecule is CCCC1CC(CN2CCNCC2)C1.CNc1cnc2[nH]ccc2c1.O=CCCNC=O. The van der Waals surface area contributed by atoms with Crippen molar-refractivity contribution in [1.82, 2.24) is 25.5 Å². The van der Waals surface area contributed by atoms with Gasteiger partial charge in [-0.2, -0.15) is 0 Å². The highest BCUT2D eigenvalue weighted by molar-refractivity contribution is 5.78. The highest BCUT2D eigenvalue weighted by atomic mass is 16.1. The lowest BCUT2D eigenvalue weighted by atomic mass is 9.72. The zero-order valence-corrected chi connectivity index (χ0v) is 19.6. The van der Waals surface area contributed by atoms with E-state index >= 15 is 0 Å². The van der Waals surface area contributed by atoms with Crippen molar-refractivity contribution in [1.29, 1.82) is 0 Å². The number of pyridine rings is 1. The summed E-state index contributed by atoms with van der Waals surface area (Å²) < 4.78 is 0. The van der Waals surface area contributed by atoms with Crippen molar-refractivity contribution >= 4 is 29.4 Å². The van der Waals surface area contributed by atoms with E-state index in [-0.39, 0.29) is 0 Å². The first-order valence-electron chi connectivity index (χ1n) is 11.8. The first-order chi connectivity index (χ1) is 15.7. The molecule has 0 aromatic carbocycles. The number of fused-ring (bicyclic) bond motifs is 1. The maximum Gasteiger partial charge on any atom is 0.207 e. The summed E-state index contributed by atoms with van der Waals surface area (Å²) in [5.41, 5.74) is 1.97. The normalized spacial score (nSPS) is 20.1. The minimum absolute atomic E-state index is 0.402. The fraction of sp³-hybridized carbons (Fsp3) is 0.625. The van der Waals surface area contributed by atoms with E-state index in [9.17, 15) is 9.59 Å². The highest BCUT2D eigenvalue weighted by Crippen LogP contribution is 2.37. The fourth-order valence-corrected chi connectivity index (χ4v) is 4.20. The molecule has 1 saturated carbocycles. The molecule has 1 amide bonds. The number of nitrogens with one attached hydrogen (secondary N) is 4. The number of hydrogen-bond acceptors (Lipinski definition) is 6. The van der Waals surface area contributed by atoms with Crippen LogP contribution in [0.2, 0.25) is 0 Å². The van der Waals surface area contributed by atoms with Crippen LogP contribution in [0.3, 0.4) is 0 Å². The van der Waals surface area contributed by atoms with Crippen molar-refractivity contribution in [2.75, 3.05) is 51.6 Å². The number of aromatic amines is 1. The predicted molar refractivity (Wildman–Crippen MR) is 131 cm³/mol. The van der Waals surface area contributed by atoms with Gasteiger partial charge in [0.15, 0.2) is 0 Å². The number of aldehydes is 1. The van der Waals surface area contributed by atoms with Crippen LogP contribution in [0, 0.1) is 11.8 Å². The fourth-order valence-electron chi connectivity index (χ4n) is 4.20. The molecule has 1 saturated heterocycles. The van der Waals surface area contributed by atoms with E-state index in [1.807, 2.05) is 19.3 Å². The number of carbonyl (C=O) groups excluding carboxylic acids is 2. The van der Waals surface area contributed by atoms with Crippen LogP contribution in [0.15, 0.2) is 24.5 Å². The number of amides is 1. The molecule has 8 heteroatoms. The van der Waals surface area contributed by atoms with Gasteiger partial charge in [0, 0.05) is 64.3 Å². The maximum atomic E-state index is 9.52. The van der Waals surface area contributed by atoms with Crippen molar-refractivity contribution in [3.05, 3.63) is 24.5 Å². The monoisotopic (exact) mass is 444 g/mol. The predicted octanol–water partition coefficient (Wildman–Crippen LogP) is 2.64. The van der Waals surface area contributed by atoms with Gasteiger partial charge in [-0.05, 0) is 36.8 Å². The van der Waals surface area contributed by atoms with E-state index in [2.05, 4.69) is 43.8 Å². The van der Waals surface area contributed by atoms with Crippen LogP contribution in [-0.2, 0) is 9.59 Å². The molecule has 8 nitrogen and oxygen atoms in total. The molecule has 1 aliphatic heterocycles. The molecule has 3 heterocycles. The van der Waals surface area contributed by atoms with Crippen LogP contribution < -0.4 is 16.0 Å². The Morgan fingerprint density at radius 3 is 2.66 bits per heavy atom. The summed E-state index contributed by atoms with van der Waals surface area (Å²) in [6.45, 7) is 9.08. The second-order valence-electron chi connectivity index (χ2n) is 8.46. The molecule has 178 valence electrons. The average Bonchev–Trinajstić information content (AvgIpc) is 3.27. The van der Waals surface area contributed by atoms with Gasteiger partial charge in [-0.25, -0.2) is 4.98 Å². The molecule has 2 aliphatic rings. The van der Waals surface area contributed by atoms with Crippen LogP contribution >= 0.6 is 0 Å². The molecular formula is C24H40N6O2. The molecule has 0 unspecified atom stereocenters. The number of carbonyl (C=O) groups is 2. The number of hydrogen-bond donors (Lipinski definition) is 4. The number of piperazine rings is 1. The van der Waals surface area contributed by atoms with Crippen LogP contribution in [0.4, 0.5) is 5.69 Å². The van der Waals surface area contributed by atoms with E-state index in [1.165, 1.54) is 58.4 Å². The molecule has 0 bridgehead atoms. The van der Waals surface area contributed by atoms with E-state index in [0.717, 1.165) is 34.8 Å². The molecule has 0 atom stereocenters. The molecule has 4 N–H and O–H groups in total. The third kappa shape index (κ3) is 9.36. The summed E-state index contributed by atoms with van der Waals surface area (Å²) in [7, 11) is 1.88. The average molecular weight is 445 g/mol. The summed E-state index contributed by atoms with van der Waals surface area (Å²) in [5, 5.41) is 9.92. The number of rotatable bonds is 9. The van der Waals surface area contributed by atoms with Crippen LogP contribution in [0.25, 0.3) is 11.0 Å². The molecule has 0 radical (unpaired) electrons. The van der Waals surface area contributed by atoms with Gasteiger partial charge >= 0.3 is 0 Å². The largest absolute Gasteiger partial charge is 0.387 e.